The third-order valence-electron chi connectivity index (χ3n) is 3.36. The fraction of sp³-hybridized carbons (Fsp3) is 0.0588. The number of hydrogen-bond acceptors (Lipinski definition) is 4. The third kappa shape index (κ3) is 2.56. The minimum Gasteiger partial charge on any atom is -0.367 e. The smallest absolute Gasteiger partial charge is 0.296 e. The number of nitrogens with two attached hydrogens (primary N) is 1. The lowest BCUT2D eigenvalue weighted by atomic mass is 10.1. The summed E-state index contributed by atoms with van der Waals surface area (Å²) >= 11 is 0. The van der Waals surface area contributed by atoms with Gasteiger partial charge in [-0.1, -0.05) is 53.3 Å². The number of aromatic nitrogens is 1. The van der Waals surface area contributed by atoms with Gasteiger partial charge in [0.15, 0.2) is 0 Å². The lowest BCUT2D eigenvalue weighted by Gasteiger charge is -1.98. The van der Waals surface area contributed by atoms with Crippen LogP contribution in [-0.4, -0.2) is 10.6 Å². The maximum Gasteiger partial charge on any atom is 0.296 e. The average Bonchev–Trinajstić information content (AvgIpc) is 2.84. The van der Waals surface area contributed by atoms with Crippen molar-refractivity contribution < 1.29 is 9.32 Å². The van der Waals surface area contributed by atoms with Crippen LogP contribution in [0.25, 0.3) is 0 Å². The molecular weight excluding hydrogens is 280 g/mol. The molecule has 0 unspecified atom stereocenters. The Kier molecular flexibility index (Phi) is 3.62. The second-order valence-electron chi connectivity index (χ2n) is 4.87. The summed E-state index contributed by atoms with van der Waals surface area (Å²) < 4.78 is 5.88. The summed E-state index contributed by atoms with van der Waals surface area (Å²) in [6.07, 6.45) is 0.323. The Morgan fingerprint density at radius 3 is 2.23 bits per heavy atom. The zero-order chi connectivity index (χ0) is 15.5. The predicted octanol–water partition coefficient (Wildman–Crippen LogP) is 2.30. The first-order chi connectivity index (χ1) is 10.7. The number of hydrogen-bond donors (Lipinski definition) is 1. The quantitative estimate of drug-likeness (QED) is 0.804. The van der Waals surface area contributed by atoms with Crippen LogP contribution >= 0.6 is 0 Å². The van der Waals surface area contributed by atoms with E-state index in [0.717, 1.165) is 5.56 Å². The molecule has 5 heteroatoms. The molecule has 0 atom stereocenters. The van der Waals surface area contributed by atoms with E-state index in [1.165, 1.54) is 0 Å². The van der Waals surface area contributed by atoms with Gasteiger partial charge < -0.3 is 10.3 Å². The minimum atomic E-state index is -0.531. The molecule has 0 fully saturated rings. The van der Waals surface area contributed by atoms with Gasteiger partial charge in [-0.15, -0.1) is 0 Å². The number of carbonyl (C=O) groups excluding carboxylic acids is 1. The van der Waals surface area contributed by atoms with Crippen LogP contribution in [0.3, 0.4) is 0 Å². The molecule has 0 saturated carbocycles. The van der Waals surface area contributed by atoms with Crippen LogP contribution in [0.5, 0.6) is 0 Å². The molecule has 0 radical (unpaired) electrons. The molecule has 0 aliphatic heterocycles. The van der Waals surface area contributed by atoms with E-state index in [-0.39, 0.29) is 11.4 Å². The topological polar surface area (TPSA) is 78.2 Å². The van der Waals surface area contributed by atoms with Crippen molar-refractivity contribution in [1.82, 2.24) is 4.74 Å². The molecule has 2 aromatic carbocycles. The van der Waals surface area contributed by atoms with Crippen molar-refractivity contribution in [3.63, 3.8) is 0 Å². The van der Waals surface area contributed by atoms with E-state index in [2.05, 4.69) is 0 Å². The number of anilines is 1. The molecule has 0 bridgehead atoms. The summed E-state index contributed by atoms with van der Waals surface area (Å²) in [4.78, 5) is 24.7. The van der Waals surface area contributed by atoms with Gasteiger partial charge in [0, 0.05) is 12.0 Å². The Morgan fingerprint density at radius 1 is 1.00 bits per heavy atom. The number of nitrogens with zero attached hydrogens (tertiary/aromatic N) is 1. The third-order valence-corrected chi connectivity index (χ3v) is 3.36. The van der Waals surface area contributed by atoms with Crippen LogP contribution in [0.15, 0.2) is 70.0 Å². The molecule has 0 spiro atoms. The van der Waals surface area contributed by atoms with E-state index >= 15 is 0 Å². The maximum absolute atomic E-state index is 12.4. The van der Waals surface area contributed by atoms with Crippen molar-refractivity contribution in [2.24, 2.45) is 0 Å². The first-order valence-electron chi connectivity index (χ1n) is 6.81. The van der Waals surface area contributed by atoms with Gasteiger partial charge >= 0.3 is 0 Å². The number of rotatable bonds is 3. The minimum absolute atomic E-state index is 0.0295. The predicted molar refractivity (Wildman–Crippen MR) is 82.8 cm³/mol. The molecule has 2 N–H and O–H groups in total. The van der Waals surface area contributed by atoms with Crippen molar-refractivity contribution in [2.45, 2.75) is 6.42 Å². The van der Waals surface area contributed by atoms with Crippen molar-refractivity contribution in [3.05, 3.63) is 87.7 Å². The summed E-state index contributed by atoms with van der Waals surface area (Å²) in [6.45, 7) is 0. The van der Waals surface area contributed by atoms with E-state index < -0.39 is 11.5 Å². The van der Waals surface area contributed by atoms with Crippen LogP contribution in [0, 0.1) is 0 Å². The standard InChI is InChI=1S/C17H14N2O3/c18-15-14(11-12-7-3-1-4-8-12)17(21)19(22-15)16(20)13-9-5-2-6-10-13/h1-10H,11,18H2. The van der Waals surface area contributed by atoms with Gasteiger partial charge in [-0.05, 0) is 17.7 Å². The van der Waals surface area contributed by atoms with Crippen molar-refractivity contribution >= 4 is 11.8 Å². The highest BCUT2D eigenvalue weighted by atomic mass is 16.5. The lowest BCUT2D eigenvalue weighted by Crippen LogP contribution is -2.25. The fourth-order valence-corrected chi connectivity index (χ4v) is 2.22. The fourth-order valence-electron chi connectivity index (χ4n) is 2.22. The van der Waals surface area contributed by atoms with Gasteiger partial charge in [0.1, 0.15) is 0 Å². The number of carbonyl (C=O) groups is 1. The van der Waals surface area contributed by atoms with Crippen molar-refractivity contribution in [1.29, 1.82) is 0 Å². The second kappa shape index (κ2) is 5.73. The zero-order valence-corrected chi connectivity index (χ0v) is 11.7. The van der Waals surface area contributed by atoms with Crippen LogP contribution in [0.4, 0.5) is 5.88 Å². The van der Waals surface area contributed by atoms with Gasteiger partial charge in [0.2, 0.25) is 5.88 Å². The summed E-state index contributed by atoms with van der Waals surface area (Å²) in [5, 5.41) is 0. The Hall–Kier alpha value is -3.08. The van der Waals surface area contributed by atoms with Gasteiger partial charge in [-0.3, -0.25) is 9.59 Å². The summed E-state index contributed by atoms with van der Waals surface area (Å²) in [5.74, 6) is -0.560. The summed E-state index contributed by atoms with van der Waals surface area (Å²) in [7, 11) is 0. The normalized spacial score (nSPS) is 10.5. The second-order valence-corrected chi connectivity index (χ2v) is 4.87. The molecule has 0 saturated heterocycles. The molecule has 1 heterocycles. The zero-order valence-electron chi connectivity index (χ0n) is 11.7. The monoisotopic (exact) mass is 294 g/mol. The SMILES string of the molecule is Nc1on(C(=O)c2ccccc2)c(=O)c1Cc1ccccc1. The van der Waals surface area contributed by atoms with E-state index in [9.17, 15) is 9.59 Å². The highest BCUT2D eigenvalue weighted by Crippen LogP contribution is 2.14. The highest BCUT2D eigenvalue weighted by molar-refractivity contribution is 5.95. The Morgan fingerprint density at radius 2 is 1.59 bits per heavy atom. The van der Waals surface area contributed by atoms with Crippen molar-refractivity contribution in [3.8, 4) is 0 Å². The number of benzene rings is 2. The van der Waals surface area contributed by atoms with Crippen molar-refractivity contribution in [2.75, 3.05) is 5.73 Å². The molecule has 0 aliphatic rings. The molecule has 3 rings (SSSR count). The Balaban J connectivity index is 1.97. The van der Waals surface area contributed by atoms with Crippen LogP contribution < -0.4 is 11.3 Å². The highest BCUT2D eigenvalue weighted by Gasteiger charge is 2.20. The average molecular weight is 294 g/mol. The molecule has 5 nitrogen and oxygen atoms in total. The lowest BCUT2D eigenvalue weighted by molar-refractivity contribution is 0.0846. The molecule has 3 aromatic rings. The molecule has 22 heavy (non-hydrogen) atoms. The summed E-state index contributed by atoms with van der Waals surface area (Å²) in [6, 6.07) is 17.9. The molecule has 110 valence electrons. The number of nitrogen functional groups attached to an aromatic ring is 1. The Bertz CT molecular complexity index is 849. The largest absolute Gasteiger partial charge is 0.367 e. The van der Waals surface area contributed by atoms with Gasteiger partial charge in [-0.2, -0.15) is 0 Å². The van der Waals surface area contributed by atoms with Crippen LogP contribution in [0.1, 0.15) is 21.5 Å². The first kappa shape index (κ1) is 13.9. The van der Waals surface area contributed by atoms with Crippen LogP contribution in [-0.2, 0) is 6.42 Å². The molecule has 1 aromatic heterocycles. The van der Waals surface area contributed by atoms with E-state index in [0.29, 0.717) is 16.7 Å². The van der Waals surface area contributed by atoms with E-state index in [1.807, 2.05) is 30.3 Å². The van der Waals surface area contributed by atoms with Crippen LogP contribution in [0.2, 0.25) is 0 Å². The Labute approximate surface area is 126 Å². The van der Waals surface area contributed by atoms with Gasteiger partial charge in [-0.25, -0.2) is 0 Å². The van der Waals surface area contributed by atoms with Gasteiger partial charge in [0.05, 0.1) is 5.56 Å². The van der Waals surface area contributed by atoms with E-state index in [1.54, 1.807) is 30.3 Å². The van der Waals surface area contributed by atoms with E-state index in [4.69, 9.17) is 10.3 Å². The van der Waals surface area contributed by atoms with Gasteiger partial charge in [0.25, 0.3) is 11.5 Å². The summed E-state index contributed by atoms with van der Waals surface area (Å²) in [5.41, 5.74) is 6.82. The molecule has 0 aliphatic carbocycles. The molecule has 0 amide bonds. The first-order valence-corrected chi connectivity index (χ1v) is 6.81. The maximum atomic E-state index is 12.4. The molecular formula is C17H14N2O3.